The summed E-state index contributed by atoms with van der Waals surface area (Å²) in [6.07, 6.45) is 1.97. The number of hydrogen-bond donors (Lipinski definition) is 2. The molecule has 1 heterocycles. The van der Waals surface area contributed by atoms with Gasteiger partial charge in [0, 0.05) is 24.7 Å². The number of nitrogens with one attached hydrogen (secondary N) is 1. The lowest BCUT2D eigenvalue weighted by atomic mass is 10.0. The van der Waals surface area contributed by atoms with Crippen LogP contribution >= 0.6 is 0 Å². The molecule has 2 aromatic rings. The van der Waals surface area contributed by atoms with Crippen LogP contribution in [0.25, 0.3) is 0 Å². The average molecular weight is 388 g/mol. The zero-order valence-electron chi connectivity index (χ0n) is 15.3. The molecule has 0 unspecified atom stereocenters. The van der Waals surface area contributed by atoms with Crippen molar-refractivity contribution >= 4 is 15.9 Å². The number of rotatable bonds is 5. The van der Waals surface area contributed by atoms with Gasteiger partial charge in [-0.3, -0.25) is 4.79 Å². The van der Waals surface area contributed by atoms with Crippen molar-refractivity contribution in [3.8, 4) is 5.75 Å². The van der Waals surface area contributed by atoms with E-state index in [1.165, 1.54) is 12.1 Å². The van der Waals surface area contributed by atoms with Crippen LogP contribution < -0.4 is 4.72 Å². The van der Waals surface area contributed by atoms with Crippen molar-refractivity contribution in [3.63, 3.8) is 0 Å². The van der Waals surface area contributed by atoms with Crippen LogP contribution in [0, 0.1) is 0 Å². The molecule has 1 saturated heterocycles. The highest BCUT2D eigenvalue weighted by atomic mass is 32.2. The second-order valence-corrected chi connectivity index (χ2v) is 8.45. The molecule has 27 heavy (non-hydrogen) atoms. The number of benzene rings is 2. The van der Waals surface area contributed by atoms with E-state index >= 15 is 0 Å². The first-order valence-corrected chi connectivity index (χ1v) is 10.6. The summed E-state index contributed by atoms with van der Waals surface area (Å²) in [6.45, 7) is 2.96. The number of sulfonamides is 1. The fraction of sp³-hybridized carbons (Fsp3) is 0.350. The first-order valence-electron chi connectivity index (χ1n) is 9.08. The lowest BCUT2D eigenvalue weighted by Gasteiger charge is -2.32. The fourth-order valence-electron chi connectivity index (χ4n) is 3.21. The third-order valence-corrected chi connectivity index (χ3v) is 6.38. The Morgan fingerprint density at radius 1 is 1.15 bits per heavy atom. The van der Waals surface area contributed by atoms with Crippen LogP contribution in [-0.4, -0.2) is 43.5 Å². The number of carbonyl (C=O) groups is 1. The van der Waals surface area contributed by atoms with Crippen LogP contribution in [0.4, 0.5) is 0 Å². The lowest BCUT2D eigenvalue weighted by Crippen LogP contribution is -2.46. The van der Waals surface area contributed by atoms with Gasteiger partial charge in [-0.2, -0.15) is 0 Å². The summed E-state index contributed by atoms with van der Waals surface area (Å²) in [5, 5.41) is 9.52. The van der Waals surface area contributed by atoms with Crippen molar-refractivity contribution in [2.45, 2.75) is 37.1 Å². The Morgan fingerprint density at radius 3 is 2.41 bits per heavy atom. The molecule has 0 aromatic heterocycles. The maximum Gasteiger partial charge on any atom is 0.253 e. The highest BCUT2D eigenvalue weighted by molar-refractivity contribution is 7.89. The van der Waals surface area contributed by atoms with Gasteiger partial charge in [-0.25, -0.2) is 13.1 Å². The highest BCUT2D eigenvalue weighted by Crippen LogP contribution is 2.19. The summed E-state index contributed by atoms with van der Waals surface area (Å²) < 4.78 is 27.9. The van der Waals surface area contributed by atoms with E-state index in [1.54, 1.807) is 29.2 Å². The van der Waals surface area contributed by atoms with Crippen LogP contribution in [0.2, 0.25) is 0 Å². The maximum absolute atomic E-state index is 12.6. The minimum absolute atomic E-state index is 0.0533. The van der Waals surface area contributed by atoms with Gasteiger partial charge in [-0.1, -0.05) is 25.1 Å². The minimum atomic E-state index is -3.57. The number of hydrogen-bond acceptors (Lipinski definition) is 4. The Bertz CT molecular complexity index is 902. The minimum Gasteiger partial charge on any atom is -0.508 e. The van der Waals surface area contributed by atoms with Gasteiger partial charge in [0.25, 0.3) is 5.91 Å². The molecule has 1 aliphatic rings. The van der Waals surface area contributed by atoms with Gasteiger partial charge in [0.2, 0.25) is 10.0 Å². The van der Waals surface area contributed by atoms with E-state index in [-0.39, 0.29) is 22.6 Å². The van der Waals surface area contributed by atoms with Gasteiger partial charge in [0.15, 0.2) is 0 Å². The highest BCUT2D eigenvalue weighted by Gasteiger charge is 2.27. The molecular formula is C20H24N2O4S. The van der Waals surface area contributed by atoms with Gasteiger partial charge in [0.05, 0.1) is 4.90 Å². The molecule has 0 bridgehead atoms. The number of aryl methyl sites for hydroxylation is 1. The van der Waals surface area contributed by atoms with E-state index in [9.17, 15) is 18.3 Å². The van der Waals surface area contributed by atoms with E-state index in [2.05, 4.69) is 4.72 Å². The van der Waals surface area contributed by atoms with Gasteiger partial charge < -0.3 is 10.0 Å². The van der Waals surface area contributed by atoms with E-state index in [1.807, 2.05) is 19.1 Å². The Balaban J connectivity index is 1.59. The smallest absolute Gasteiger partial charge is 0.253 e. The molecule has 3 rings (SSSR count). The second-order valence-electron chi connectivity index (χ2n) is 6.74. The number of phenolic OH excluding ortho intramolecular Hbond substituents is 1. The normalized spacial score (nSPS) is 15.7. The standard InChI is InChI=1S/C20H24N2O4S/c1-2-15-6-8-19(9-7-15)27(25,26)21-17-10-12-22(13-11-17)20(24)16-4-3-5-18(23)14-16/h3-9,14,17,21,23H,2,10-13H2,1H3. The number of aromatic hydroxyl groups is 1. The van der Waals surface area contributed by atoms with Gasteiger partial charge in [-0.15, -0.1) is 0 Å². The monoisotopic (exact) mass is 388 g/mol. The molecular weight excluding hydrogens is 364 g/mol. The molecule has 0 radical (unpaired) electrons. The Hall–Kier alpha value is -2.38. The zero-order valence-corrected chi connectivity index (χ0v) is 16.1. The molecule has 0 atom stereocenters. The molecule has 1 amide bonds. The van der Waals surface area contributed by atoms with E-state index < -0.39 is 10.0 Å². The molecule has 0 saturated carbocycles. The van der Waals surface area contributed by atoms with Crippen molar-refractivity contribution in [2.24, 2.45) is 0 Å². The van der Waals surface area contributed by atoms with Crippen LogP contribution in [0.3, 0.4) is 0 Å². The van der Waals surface area contributed by atoms with Crippen molar-refractivity contribution in [1.82, 2.24) is 9.62 Å². The number of likely N-dealkylation sites (tertiary alicyclic amines) is 1. The van der Waals surface area contributed by atoms with Crippen LogP contribution in [0.1, 0.15) is 35.7 Å². The third-order valence-electron chi connectivity index (χ3n) is 4.84. The van der Waals surface area contributed by atoms with Crippen molar-refractivity contribution in [2.75, 3.05) is 13.1 Å². The van der Waals surface area contributed by atoms with Crippen molar-refractivity contribution in [1.29, 1.82) is 0 Å². The second kappa shape index (κ2) is 8.10. The van der Waals surface area contributed by atoms with Crippen LogP contribution in [-0.2, 0) is 16.4 Å². The summed E-state index contributed by atoms with van der Waals surface area (Å²) in [6, 6.07) is 13.0. The number of phenols is 1. The molecule has 144 valence electrons. The quantitative estimate of drug-likeness (QED) is 0.824. The predicted molar refractivity (Wildman–Crippen MR) is 103 cm³/mol. The van der Waals surface area contributed by atoms with Gasteiger partial charge >= 0.3 is 0 Å². The van der Waals surface area contributed by atoms with Crippen LogP contribution in [0.15, 0.2) is 53.4 Å². The molecule has 6 nitrogen and oxygen atoms in total. The molecule has 0 spiro atoms. The fourth-order valence-corrected chi connectivity index (χ4v) is 4.52. The molecule has 2 N–H and O–H groups in total. The predicted octanol–water partition coefficient (Wildman–Crippen LogP) is 2.54. The Morgan fingerprint density at radius 2 is 1.81 bits per heavy atom. The van der Waals surface area contributed by atoms with E-state index in [0.717, 1.165) is 12.0 Å². The summed E-state index contributed by atoms with van der Waals surface area (Å²) in [4.78, 5) is 14.5. The number of carbonyl (C=O) groups excluding carboxylic acids is 1. The maximum atomic E-state index is 12.6. The van der Waals surface area contributed by atoms with Gasteiger partial charge in [-0.05, 0) is 55.2 Å². The molecule has 1 aliphatic heterocycles. The van der Waals surface area contributed by atoms with Crippen LogP contribution in [0.5, 0.6) is 5.75 Å². The van der Waals surface area contributed by atoms with E-state index in [4.69, 9.17) is 0 Å². The molecule has 2 aromatic carbocycles. The van der Waals surface area contributed by atoms with Gasteiger partial charge in [0.1, 0.15) is 5.75 Å². The summed E-state index contributed by atoms with van der Waals surface area (Å²) in [7, 11) is -3.57. The summed E-state index contributed by atoms with van der Waals surface area (Å²) in [5.74, 6) is -0.0973. The number of nitrogens with zero attached hydrogens (tertiary/aromatic N) is 1. The average Bonchev–Trinajstić information content (AvgIpc) is 2.68. The third kappa shape index (κ3) is 4.67. The topological polar surface area (TPSA) is 86.7 Å². The SMILES string of the molecule is CCc1ccc(S(=O)(=O)NC2CCN(C(=O)c3cccc(O)c3)CC2)cc1. The first kappa shape index (κ1) is 19.4. The Kier molecular flexibility index (Phi) is 5.82. The van der Waals surface area contributed by atoms with E-state index in [0.29, 0.717) is 31.5 Å². The van der Waals surface area contributed by atoms with Crippen molar-refractivity contribution < 1.29 is 18.3 Å². The largest absolute Gasteiger partial charge is 0.508 e. The Labute approximate surface area is 159 Å². The number of amides is 1. The zero-order chi connectivity index (χ0) is 19.4. The molecule has 7 heteroatoms. The summed E-state index contributed by atoms with van der Waals surface area (Å²) >= 11 is 0. The summed E-state index contributed by atoms with van der Waals surface area (Å²) in [5.41, 5.74) is 1.53. The molecule has 1 fully saturated rings. The van der Waals surface area contributed by atoms with Crippen molar-refractivity contribution in [3.05, 3.63) is 59.7 Å². The molecule has 0 aliphatic carbocycles. The first-order chi connectivity index (χ1) is 12.9. The number of piperidine rings is 1. The lowest BCUT2D eigenvalue weighted by molar-refractivity contribution is 0.0711.